The highest BCUT2D eigenvalue weighted by molar-refractivity contribution is 5.95. The van der Waals surface area contributed by atoms with E-state index in [2.05, 4.69) is 10.6 Å². The summed E-state index contributed by atoms with van der Waals surface area (Å²) in [6.07, 6.45) is 0. The molecule has 0 fully saturated rings. The normalized spacial score (nSPS) is 10.0. The van der Waals surface area contributed by atoms with Gasteiger partial charge in [-0.15, -0.1) is 0 Å². The molecule has 124 valence electrons. The summed E-state index contributed by atoms with van der Waals surface area (Å²) in [7, 11) is 0. The Morgan fingerprint density at radius 3 is 2.42 bits per heavy atom. The number of nitrogens with zero attached hydrogens (tertiary/aromatic N) is 1. The van der Waals surface area contributed by atoms with E-state index in [1.54, 1.807) is 31.2 Å². The maximum atomic E-state index is 12.1. The van der Waals surface area contributed by atoms with E-state index in [4.69, 9.17) is 5.73 Å². The monoisotopic (exact) mass is 328 g/mol. The van der Waals surface area contributed by atoms with Crippen LogP contribution in [0.15, 0.2) is 42.5 Å². The molecule has 0 aliphatic rings. The molecule has 0 heterocycles. The summed E-state index contributed by atoms with van der Waals surface area (Å²) < 4.78 is 0. The second-order valence-electron chi connectivity index (χ2n) is 5.13. The van der Waals surface area contributed by atoms with Gasteiger partial charge in [0.2, 0.25) is 0 Å². The molecule has 8 nitrogen and oxygen atoms in total. The lowest BCUT2D eigenvalue weighted by Gasteiger charge is -2.07. The minimum atomic E-state index is -0.656. The molecular formula is C16H16N4O4. The predicted octanol–water partition coefficient (Wildman–Crippen LogP) is 2.32. The number of carbonyl (C=O) groups excluding carboxylic acids is 2. The third kappa shape index (κ3) is 4.29. The van der Waals surface area contributed by atoms with Gasteiger partial charge in [0.05, 0.1) is 4.92 Å². The van der Waals surface area contributed by atoms with E-state index in [1.807, 2.05) is 0 Å². The molecule has 2 rings (SSSR count). The number of nitro groups is 1. The number of aryl methyl sites for hydroxylation is 1. The molecule has 0 aliphatic heterocycles. The van der Waals surface area contributed by atoms with Crippen LogP contribution in [0.2, 0.25) is 0 Å². The summed E-state index contributed by atoms with van der Waals surface area (Å²) in [5, 5.41) is 16.0. The smallest absolute Gasteiger partial charge is 0.316 e. The molecule has 0 unspecified atom stereocenters. The van der Waals surface area contributed by atoms with Crippen LogP contribution >= 0.6 is 0 Å². The van der Waals surface area contributed by atoms with Gasteiger partial charge in [0.15, 0.2) is 0 Å². The van der Waals surface area contributed by atoms with E-state index >= 15 is 0 Å². The van der Waals surface area contributed by atoms with Gasteiger partial charge in [0.1, 0.15) is 0 Å². The number of nitro benzene ring substituents is 1. The Morgan fingerprint density at radius 1 is 1.17 bits per heavy atom. The summed E-state index contributed by atoms with van der Waals surface area (Å²) >= 11 is 0. The van der Waals surface area contributed by atoms with Crippen molar-refractivity contribution >= 4 is 23.3 Å². The third-order valence-corrected chi connectivity index (χ3v) is 3.34. The van der Waals surface area contributed by atoms with Crippen molar-refractivity contribution in [3.05, 3.63) is 69.3 Å². The molecule has 2 aromatic rings. The Bertz CT molecular complexity index is 787. The number of rotatable bonds is 5. The second-order valence-corrected chi connectivity index (χ2v) is 5.13. The van der Waals surface area contributed by atoms with E-state index in [0.717, 1.165) is 5.56 Å². The number of urea groups is 1. The number of nitrogens with one attached hydrogen (secondary N) is 2. The molecule has 4 N–H and O–H groups in total. The summed E-state index contributed by atoms with van der Waals surface area (Å²) in [5.74, 6) is -0.405. The highest BCUT2D eigenvalue weighted by atomic mass is 16.6. The van der Waals surface area contributed by atoms with Gasteiger partial charge in [-0.05, 0) is 30.7 Å². The Balaban J connectivity index is 2.01. The zero-order chi connectivity index (χ0) is 17.7. The molecule has 0 saturated heterocycles. The van der Waals surface area contributed by atoms with Gasteiger partial charge in [-0.2, -0.15) is 0 Å². The molecule has 0 atom stereocenters. The summed E-state index contributed by atoms with van der Waals surface area (Å²) in [6, 6.07) is 10.4. The molecule has 0 bridgehead atoms. The van der Waals surface area contributed by atoms with Crippen LogP contribution in [0.1, 0.15) is 21.5 Å². The highest BCUT2D eigenvalue weighted by Crippen LogP contribution is 2.19. The fourth-order valence-electron chi connectivity index (χ4n) is 2.08. The van der Waals surface area contributed by atoms with Gasteiger partial charge < -0.3 is 16.4 Å². The van der Waals surface area contributed by atoms with Crippen LogP contribution in [-0.4, -0.2) is 16.9 Å². The maximum absolute atomic E-state index is 12.1. The molecule has 0 spiro atoms. The topological polar surface area (TPSA) is 127 Å². The first-order chi connectivity index (χ1) is 11.4. The van der Waals surface area contributed by atoms with Crippen molar-refractivity contribution in [2.24, 2.45) is 5.73 Å². The standard InChI is InChI=1S/C16H16N4O4/c1-10-2-5-12(8-14(10)20(23)24)15(21)18-9-11-3-6-13(7-4-11)19-16(17)22/h2-8H,9H2,1H3,(H,18,21)(H3,17,19,22). The molecule has 0 radical (unpaired) electrons. The lowest BCUT2D eigenvalue weighted by atomic mass is 10.1. The quantitative estimate of drug-likeness (QED) is 0.575. The van der Waals surface area contributed by atoms with Crippen LogP contribution in [-0.2, 0) is 6.54 Å². The van der Waals surface area contributed by atoms with Gasteiger partial charge in [-0.3, -0.25) is 14.9 Å². The first kappa shape index (κ1) is 16.9. The Hall–Kier alpha value is -3.42. The van der Waals surface area contributed by atoms with E-state index in [-0.39, 0.29) is 17.8 Å². The van der Waals surface area contributed by atoms with Gasteiger partial charge >= 0.3 is 6.03 Å². The molecule has 0 saturated carbocycles. The fourth-order valence-corrected chi connectivity index (χ4v) is 2.08. The minimum absolute atomic E-state index is 0.0930. The fraction of sp³-hybridized carbons (Fsp3) is 0.125. The van der Waals surface area contributed by atoms with Crippen molar-refractivity contribution in [2.45, 2.75) is 13.5 Å². The largest absolute Gasteiger partial charge is 0.351 e. The molecule has 8 heteroatoms. The predicted molar refractivity (Wildman–Crippen MR) is 88.7 cm³/mol. The van der Waals surface area contributed by atoms with Crippen LogP contribution in [0.5, 0.6) is 0 Å². The summed E-state index contributed by atoms with van der Waals surface area (Å²) in [5.41, 5.74) is 6.99. The molecule has 2 aromatic carbocycles. The van der Waals surface area contributed by atoms with Gasteiger partial charge in [-0.1, -0.05) is 18.2 Å². The number of primary amides is 1. The molecular weight excluding hydrogens is 312 g/mol. The van der Waals surface area contributed by atoms with Gasteiger partial charge in [-0.25, -0.2) is 4.79 Å². The van der Waals surface area contributed by atoms with Crippen molar-refractivity contribution in [1.82, 2.24) is 5.32 Å². The lowest BCUT2D eigenvalue weighted by molar-refractivity contribution is -0.385. The third-order valence-electron chi connectivity index (χ3n) is 3.34. The van der Waals surface area contributed by atoms with Crippen molar-refractivity contribution in [3.63, 3.8) is 0 Å². The van der Waals surface area contributed by atoms with Crippen LogP contribution in [0.3, 0.4) is 0 Å². The van der Waals surface area contributed by atoms with E-state index < -0.39 is 16.9 Å². The Labute approximate surface area is 137 Å². The zero-order valence-corrected chi connectivity index (χ0v) is 12.9. The van der Waals surface area contributed by atoms with E-state index in [1.165, 1.54) is 18.2 Å². The first-order valence-corrected chi connectivity index (χ1v) is 7.05. The maximum Gasteiger partial charge on any atom is 0.316 e. The van der Waals surface area contributed by atoms with Gasteiger partial charge in [0.25, 0.3) is 11.6 Å². The highest BCUT2D eigenvalue weighted by Gasteiger charge is 2.14. The zero-order valence-electron chi connectivity index (χ0n) is 12.9. The number of amides is 3. The Morgan fingerprint density at radius 2 is 1.83 bits per heavy atom. The number of hydrogen-bond donors (Lipinski definition) is 3. The van der Waals surface area contributed by atoms with Crippen molar-refractivity contribution in [1.29, 1.82) is 0 Å². The number of benzene rings is 2. The summed E-state index contributed by atoms with van der Waals surface area (Å²) in [4.78, 5) is 33.2. The molecule has 0 aliphatic carbocycles. The Kier molecular flexibility index (Phi) is 5.10. The minimum Gasteiger partial charge on any atom is -0.351 e. The number of hydrogen-bond acceptors (Lipinski definition) is 4. The van der Waals surface area contributed by atoms with Crippen molar-refractivity contribution in [2.75, 3.05) is 5.32 Å². The number of nitrogens with two attached hydrogens (primary N) is 1. The molecule has 3 amide bonds. The molecule has 24 heavy (non-hydrogen) atoms. The second kappa shape index (κ2) is 7.23. The average molecular weight is 328 g/mol. The van der Waals surface area contributed by atoms with Crippen molar-refractivity contribution < 1.29 is 14.5 Å². The summed E-state index contributed by atoms with van der Waals surface area (Å²) in [6.45, 7) is 1.86. The van der Waals surface area contributed by atoms with E-state index in [9.17, 15) is 19.7 Å². The van der Waals surface area contributed by atoms with Crippen LogP contribution < -0.4 is 16.4 Å². The van der Waals surface area contributed by atoms with Gasteiger partial charge in [0, 0.05) is 29.4 Å². The number of carbonyl (C=O) groups is 2. The van der Waals surface area contributed by atoms with Crippen LogP contribution in [0.25, 0.3) is 0 Å². The lowest BCUT2D eigenvalue weighted by Crippen LogP contribution is -2.23. The van der Waals surface area contributed by atoms with E-state index in [0.29, 0.717) is 11.3 Å². The van der Waals surface area contributed by atoms with Crippen molar-refractivity contribution in [3.8, 4) is 0 Å². The average Bonchev–Trinajstić information content (AvgIpc) is 2.53. The van der Waals surface area contributed by atoms with Crippen LogP contribution in [0.4, 0.5) is 16.2 Å². The SMILES string of the molecule is Cc1ccc(C(=O)NCc2ccc(NC(N)=O)cc2)cc1[N+](=O)[O-]. The van der Waals surface area contributed by atoms with Crippen LogP contribution in [0, 0.1) is 17.0 Å². The first-order valence-electron chi connectivity index (χ1n) is 7.05. The molecule has 0 aromatic heterocycles. The number of anilines is 1.